The maximum absolute atomic E-state index is 12.8. The van der Waals surface area contributed by atoms with Crippen LogP contribution in [-0.4, -0.2) is 13.1 Å². The third kappa shape index (κ3) is 4.62. The molecule has 1 heterocycles. The SMILES string of the molecule is COC(=O)[C@@]1(C)CCC[C@@]2(C)C(CCc3ccoc3C(C)NCc3ccccc3)C(C)C=CC21. The van der Waals surface area contributed by atoms with Gasteiger partial charge in [-0.1, -0.05) is 62.8 Å². The topological polar surface area (TPSA) is 51.5 Å². The summed E-state index contributed by atoms with van der Waals surface area (Å²) in [5.74, 6) is 2.21. The highest BCUT2D eigenvalue weighted by Gasteiger charge is 2.56. The average molecular weight is 464 g/mol. The third-order valence-electron chi connectivity index (χ3n) is 8.90. The first-order chi connectivity index (χ1) is 16.3. The van der Waals surface area contributed by atoms with Crippen LogP contribution in [0.5, 0.6) is 0 Å². The van der Waals surface area contributed by atoms with E-state index in [9.17, 15) is 4.79 Å². The lowest BCUT2D eigenvalue weighted by Gasteiger charge is -2.56. The van der Waals surface area contributed by atoms with Gasteiger partial charge in [-0.05, 0) is 79.9 Å². The Labute approximate surface area is 205 Å². The fraction of sp³-hybridized carbons (Fsp3) is 0.567. The summed E-state index contributed by atoms with van der Waals surface area (Å²) in [6.07, 6.45) is 11.7. The zero-order valence-corrected chi connectivity index (χ0v) is 21.5. The molecular formula is C30H41NO3. The number of benzene rings is 1. The molecule has 0 bridgehead atoms. The molecule has 2 aliphatic carbocycles. The van der Waals surface area contributed by atoms with Crippen LogP contribution in [0.25, 0.3) is 0 Å². The van der Waals surface area contributed by atoms with Crippen LogP contribution in [0.2, 0.25) is 0 Å². The standard InChI is InChI=1S/C30H41NO3/c1-21-12-15-26-29(3,17-9-18-30(26,4)28(32)33-5)25(21)14-13-24-16-19-34-27(24)22(2)31-20-23-10-7-6-8-11-23/h6-8,10-12,15-16,19,21-22,25-26,31H,9,13-14,17-18,20H2,1-5H3/t21?,22?,25?,26?,29-,30-/m0/s1. The molecule has 1 N–H and O–H groups in total. The van der Waals surface area contributed by atoms with Gasteiger partial charge < -0.3 is 14.5 Å². The number of ether oxygens (including phenoxy) is 1. The van der Waals surface area contributed by atoms with Crippen LogP contribution in [0.15, 0.2) is 59.2 Å². The van der Waals surface area contributed by atoms with Crippen molar-refractivity contribution in [2.75, 3.05) is 7.11 Å². The molecule has 4 heteroatoms. The lowest BCUT2D eigenvalue weighted by atomic mass is 9.47. The largest absolute Gasteiger partial charge is 0.469 e. The first kappa shape index (κ1) is 24.8. The van der Waals surface area contributed by atoms with Gasteiger partial charge in [-0.25, -0.2) is 0 Å². The van der Waals surface area contributed by atoms with Crippen molar-refractivity contribution in [1.29, 1.82) is 0 Å². The fourth-order valence-corrected chi connectivity index (χ4v) is 7.00. The van der Waals surface area contributed by atoms with Crippen molar-refractivity contribution in [2.24, 2.45) is 28.6 Å². The Morgan fingerprint density at radius 3 is 2.68 bits per heavy atom. The lowest BCUT2D eigenvalue weighted by Crippen LogP contribution is -2.53. The number of esters is 1. The van der Waals surface area contributed by atoms with E-state index in [1.807, 2.05) is 12.3 Å². The molecule has 2 aliphatic rings. The zero-order valence-electron chi connectivity index (χ0n) is 21.5. The first-order valence-electron chi connectivity index (χ1n) is 12.9. The van der Waals surface area contributed by atoms with E-state index in [2.05, 4.69) is 75.5 Å². The van der Waals surface area contributed by atoms with E-state index in [0.717, 1.165) is 44.4 Å². The number of methoxy groups -OCH3 is 1. The van der Waals surface area contributed by atoms with Crippen LogP contribution >= 0.6 is 0 Å². The predicted molar refractivity (Wildman–Crippen MR) is 136 cm³/mol. The molecule has 184 valence electrons. The van der Waals surface area contributed by atoms with Gasteiger partial charge in [-0.3, -0.25) is 4.79 Å². The molecule has 1 saturated carbocycles. The maximum atomic E-state index is 12.8. The molecule has 2 aromatic rings. The van der Waals surface area contributed by atoms with Crippen molar-refractivity contribution in [3.05, 3.63) is 71.7 Å². The Kier molecular flexibility index (Phi) is 7.37. The number of fused-ring (bicyclic) bond motifs is 1. The third-order valence-corrected chi connectivity index (χ3v) is 8.90. The second kappa shape index (κ2) is 10.1. The zero-order chi connectivity index (χ0) is 24.3. The van der Waals surface area contributed by atoms with Gasteiger partial charge in [-0.15, -0.1) is 0 Å². The summed E-state index contributed by atoms with van der Waals surface area (Å²) in [6, 6.07) is 12.8. The van der Waals surface area contributed by atoms with Crippen LogP contribution in [0.4, 0.5) is 0 Å². The summed E-state index contributed by atoms with van der Waals surface area (Å²) in [5, 5.41) is 3.61. The van der Waals surface area contributed by atoms with Crippen LogP contribution in [0.3, 0.4) is 0 Å². The minimum atomic E-state index is -0.437. The first-order valence-corrected chi connectivity index (χ1v) is 12.9. The number of aryl methyl sites for hydroxylation is 1. The second-order valence-corrected chi connectivity index (χ2v) is 11.0. The van der Waals surface area contributed by atoms with Gasteiger partial charge >= 0.3 is 5.97 Å². The Balaban J connectivity index is 1.47. The molecular weight excluding hydrogens is 422 g/mol. The molecule has 1 aromatic heterocycles. The predicted octanol–water partition coefficient (Wildman–Crippen LogP) is 6.87. The molecule has 4 unspecified atom stereocenters. The summed E-state index contributed by atoms with van der Waals surface area (Å²) in [7, 11) is 1.53. The molecule has 0 aliphatic heterocycles. The summed E-state index contributed by atoms with van der Waals surface area (Å²) in [4.78, 5) is 12.8. The van der Waals surface area contributed by atoms with Crippen molar-refractivity contribution in [1.82, 2.24) is 5.32 Å². The van der Waals surface area contributed by atoms with Crippen molar-refractivity contribution in [2.45, 2.75) is 72.4 Å². The monoisotopic (exact) mass is 463 g/mol. The number of carbonyl (C=O) groups is 1. The Hall–Kier alpha value is -2.33. The Morgan fingerprint density at radius 2 is 1.94 bits per heavy atom. The molecule has 0 amide bonds. The van der Waals surface area contributed by atoms with Crippen molar-refractivity contribution in [3.8, 4) is 0 Å². The van der Waals surface area contributed by atoms with Crippen LogP contribution < -0.4 is 5.32 Å². The van der Waals surface area contributed by atoms with E-state index in [-0.39, 0.29) is 23.3 Å². The van der Waals surface area contributed by atoms with Gasteiger partial charge in [0.05, 0.1) is 24.8 Å². The van der Waals surface area contributed by atoms with E-state index in [1.165, 1.54) is 18.2 Å². The van der Waals surface area contributed by atoms with Gasteiger partial charge in [0.15, 0.2) is 0 Å². The quantitative estimate of drug-likeness (QED) is 0.343. The molecule has 4 rings (SSSR count). The van der Waals surface area contributed by atoms with Crippen LogP contribution in [0, 0.1) is 28.6 Å². The lowest BCUT2D eigenvalue weighted by molar-refractivity contribution is -0.164. The maximum Gasteiger partial charge on any atom is 0.312 e. The normalized spacial score (nSPS) is 31.6. The van der Waals surface area contributed by atoms with Gasteiger partial charge in [0.25, 0.3) is 0 Å². The smallest absolute Gasteiger partial charge is 0.312 e. The molecule has 4 nitrogen and oxygen atoms in total. The summed E-state index contributed by atoms with van der Waals surface area (Å²) < 4.78 is 11.2. The average Bonchev–Trinajstić information content (AvgIpc) is 3.30. The minimum absolute atomic E-state index is 0.0585. The number of furan rings is 1. The van der Waals surface area contributed by atoms with E-state index in [1.54, 1.807) is 0 Å². The van der Waals surface area contributed by atoms with Crippen LogP contribution in [-0.2, 0) is 22.5 Å². The minimum Gasteiger partial charge on any atom is -0.469 e. The highest BCUT2D eigenvalue weighted by Crippen LogP contribution is 2.60. The molecule has 6 atom stereocenters. The highest BCUT2D eigenvalue weighted by atomic mass is 16.5. The van der Waals surface area contributed by atoms with Gasteiger partial charge in [0, 0.05) is 6.54 Å². The molecule has 34 heavy (non-hydrogen) atoms. The van der Waals surface area contributed by atoms with E-state index in [4.69, 9.17) is 9.15 Å². The summed E-state index contributed by atoms with van der Waals surface area (Å²) in [5.41, 5.74) is 2.22. The number of nitrogens with one attached hydrogen (secondary N) is 1. The number of carbonyl (C=O) groups excluding carboxylic acids is 1. The van der Waals surface area contributed by atoms with Crippen LogP contribution in [0.1, 0.15) is 76.3 Å². The summed E-state index contributed by atoms with van der Waals surface area (Å²) in [6.45, 7) is 9.87. The number of hydrogen-bond acceptors (Lipinski definition) is 4. The molecule has 1 aromatic carbocycles. The van der Waals surface area contributed by atoms with Crippen molar-refractivity contribution < 1.29 is 13.9 Å². The molecule has 0 spiro atoms. The molecule has 0 radical (unpaired) electrons. The number of hydrogen-bond donors (Lipinski definition) is 1. The van der Waals surface area contributed by atoms with Gasteiger partial charge in [0.1, 0.15) is 5.76 Å². The molecule has 1 fully saturated rings. The number of rotatable bonds is 8. The Morgan fingerprint density at radius 1 is 1.18 bits per heavy atom. The van der Waals surface area contributed by atoms with E-state index in [0.29, 0.717) is 11.8 Å². The van der Waals surface area contributed by atoms with Gasteiger partial charge in [0.2, 0.25) is 0 Å². The van der Waals surface area contributed by atoms with Crippen molar-refractivity contribution >= 4 is 5.97 Å². The highest BCUT2D eigenvalue weighted by molar-refractivity contribution is 5.77. The summed E-state index contributed by atoms with van der Waals surface area (Å²) >= 11 is 0. The van der Waals surface area contributed by atoms with E-state index < -0.39 is 5.41 Å². The fourth-order valence-electron chi connectivity index (χ4n) is 7.00. The van der Waals surface area contributed by atoms with Crippen molar-refractivity contribution in [3.63, 3.8) is 0 Å². The Bertz CT molecular complexity index is 995. The van der Waals surface area contributed by atoms with Gasteiger partial charge in [-0.2, -0.15) is 0 Å². The van der Waals surface area contributed by atoms with E-state index >= 15 is 0 Å². The molecule has 0 saturated heterocycles. The second-order valence-electron chi connectivity index (χ2n) is 11.0. The number of allylic oxidation sites excluding steroid dienone is 2.